The Morgan fingerprint density at radius 2 is 1.97 bits per heavy atom. The van der Waals surface area contributed by atoms with Crippen LogP contribution < -0.4 is 4.74 Å². The average molecular weight is 396 g/mol. The molecule has 0 bridgehead atoms. The molecule has 6 nitrogen and oxygen atoms in total. The fourth-order valence-corrected chi connectivity index (χ4v) is 4.24. The molecule has 0 aliphatic carbocycles. The van der Waals surface area contributed by atoms with Crippen LogP contribution in [0.2, 0.25) is 0 Å². The first kappa shape index (κ1) is 19.9. The second-order valence-corrected chi connectivity index (χ2v) is 7.68. The van der Waals surface area contributed by atoms with Gasteiger partial charge < -0.3 is 14.4 Å². The molecule has 2 fully saturated rings. The Morgan fingerprint density at radius 1 is 1.14 bits per heavy atom. The molecule has 0 radical (unpaired) electrons. The summed E-state index contributed by atoms with van der Waals surface area (Å²) in [6, 6.07) is 14.3. The summed E-state index contributed by atoms with van der Waals surface area (Å²) in [7, 11) is 1.69. The van der Waals surface area contributed by atoms with Gasteiger partial charge in [0.15, 0.2) is 0 Å². The van der Waals surface area contributed by atoms with Crippen LogP contribution in [-0.2, 0) is 16.0 Å². The normalized spacial score (nSPS) is 20.0. The summed E-state index contributed by atoms with van der Waals surface area (Å²) in [5.41, 5.74) is 3.11. The van der Waals surface area contributed by atoms with E-state index in [9.17, 15) is 4.79 Å². The maximum atomic E-state index is 13.0. The number of amides is 1. The lowest BCUT2D eigenvalue weighted by Gasteiger charge is -2.30. The SMILES string of the molecule is COc1ccccc1Cc1cccc([C@@H]2CCCN2C(=O)CN2CCOCC2)n1. The van der Waals surface area contributed by atoms with E-state index in [2.05, 4.69) is 23.1 Å². The predicted molar refractivity (Wildman–Crippen MR) is 111 cm³/mol. The zero-order valence-corrected chi connectivity index (χ0v) is 17.0. The molecule has 1 aromatic heterocycles. The summed E-state index contributed by atoms with van der Waals surface area (Å²) in [5, 5.41) is 0. The van der Waals surface area contributed by atoms with Crippen molar-refractivity contribution in [2.45, 2.75) is 25.3 Å². The second kappa shape index (κ2) is 9.37. The first-order chi connectivity index (χ1) is 14.2. The minimum Gasteiger partial charge on any atom is -0.496 e. The maximum absolute atomic E-state index is 13.0. The van der Waals surface area contributed by atoms with E-state index in [4.69, 9.17) is 14.5 Å². The Kier molecular flexibility index (Phi) is 6.42. The number of morpholine rings is 1. The number of para-hydroxylation sites is 1. The Labute approximate surface area is 172 Å². The summed E-state index contributed by atoms with van der Waals surface area (Å²) >= 11 is 0. The molecular weight excluding hydrogens is 366 g/mol. The molecule has 0 spiro atoms. The number of hydrogen-bond donors (Lipinski definition) is 0. The topological polar surface area (TPSA) is 54.9 Å². The molecule has 0 N–H and O–H groups in total. The number of aromatic nitrogens is 1. The van der Waals surface area contributed by atoms with Gasteiger partial charge in [0.05, 0.1) is 38.6 Å². The van der Waals surface area contributed by atoms with Gasteiger partial charge in [-0.2, -0.15) is 0 Å². The monoisotopic (exact) mass is 395 g/mol. The van der Waals surface area contributed by atoms with Crippen LogP contribution in [0.1, 0.15) is 35.8 Å². The molecule has 2 aromatic rings. The molecule has 1 aromatic carbocycles. The number of rotatable bonds is 6. The lowest BCUT2D eigenvalue weighted by atomic mass is 10.1. The summed E-state index contributed by atoms with van der Waals surface area (Å²) in [5.74, 6) is 1.08. The van der Waals surface area contributed by atoms with Crippen LogP contribution in [0.25, 0.3) is 0 Å². The van der Waals surface area contributed by atoms with E-state index in [-0.39, 0.29) is 11.9 Å². The molecular formula is C23H29N3O3. The van der Waals surface area contributed by atoms with Crippen molar-refractivity contribution in [3.8, 4) is 5.75 Å². The van der Waals surface area contributed by atoms with Gasteiger partial charge in [0, 0.05) is 37.3 Å². The van der Waals surface area contributed by atoms with Crippen LogP contribution in [0.4, 0.5) is 0 Å². The Bertz CT molecular complexity index is 836. The molecule has 4 rings (SSSR count). The zero-order chi connectivity index (χ0) is 20.1. The third-order valence-electron chi connectivity index (χ3n) is 5.77. The van der Waals surface area contributed by atoms with Gasteiger partial charge in [0.1, 0.15) is 5.75 Å². The van der Waals surface area contributed by atoms with Crippen molar-refractivity contribution in [2.24, 2.45) is 0 Å². The van der Waals surface area contributed by atoms with E-state index in [1.807, 2.05) is 29.2 Å². The highest BCUT2D eigenvalue weighted by molar-refractivity contribution is 5.79. The molecule has 2 aliphatic rings. The Balaban J connectivity index is 1.47. The van der Waals surface area contributed by atoms with Crippen molar-refractivity contribution in [1.82, 2.24) is 14.8 Å². The maximum Gasteiger partial charge on any atom is 0.237 e. The van der Waals surface area contributed by atoms with Crippen molar-refractivity contribution in [2.75, 3.05) is 46.5 Å². The molecule has 2 aliphatic heterocycles. The fourth-order valence-electron chi connectivity index (χ4n) is 4.24. The molecule has 154 valence electrons. The molecule has 3 heterocycles. The van der Waals surface area contributed by atoms with E-state index < -0.39 is 0 Å². The van der Waals surface area contributed by atoms with Gasteiger partial charge in [-0.25, -0.2) is 0 Å². The first-order valence-corrected chi connectivity index (χ1v) is 10.4. The summed E-state index contributed by atoms with van der Waals surface area (Å²) in [6.07, 6.45) is 2.71. The van der Waals surface area contributed by atoms with Crippen molar-refractivity contribution in [1.29, 1.82) is 0 Å². The molecule has 2 saturated heterocycles. The summed E-state index contributed by atoms with van der Waals surface area (Å²) in [4.78, 5) is 22.1. The van der Waals surface area contributed by atoms with Crippen LogP contribution in [0.3, 0.4) is 0 Å². The number of carbonyl (C=O) groups is 1. The molecule has 6 heteroatoms. The van der Waals surface area contributed by atoms with Crippen molar-refractivity contribution < 1.29 is 14.3 Å². The zero-order valence-electron chi connectivity index (χ0n) is 17.0. The molecule has 1 atom stereocenters. The van der Waals surface area contributed by atoms with Crippen molar-refractivity contribution >= 4 is 5.91 Å². The van der Waals surface area contributed by atoms with Crippen molar-refractivity contribution in [3.63, 3.8) is 0 Å². The molecule has 0 saturated carbocycles. The third kappa shape index (κ3) is 4.77. The quantitative estimate of drug-likeness (QED) is 0.753. The molecule has 29 heavy (non-hydrogen) atoms. The smallest absolute Gasteiger partial charge is 0.237 e. The second-order valence-electron chi connectivity index (χ2n) is 7.68. The van der Waals surface area contributed by atoms with Gasteiger partial charge in [-0.3, -0.25) is 14.7 Å². The van der Waals surface area contributed by atoms with Gasteiger partial charge in [0.25, 0.3) is 0 Å². The number of carbonyl (C=O) groups excluding carboxylic acids is 1. The lowest BCUT2D eigenvalue weighted by molar-refractivity contribution is -0.134. The van der Waals surface area contributed by atoms with Gasteiger partial charge >= 0.3 is 0 Å². The first-order valence-electron chi connectivity index (χ1n) is 10.4. The lowest BCUT2D eigenvalue weighted by Crippen LogP contribution is -2.44. The summed E-state index contributed by atoms with van der Waals surface area (Å²) < 4.78 is 10.9. The predicted octanol–water partition coefficient (Wildman–Crippen LogP) is 2.68. The van der Waals surface area contributed by atoms with Crippen LogP contribution >= 0.6 is 0 Å². The van der Waals surface area contributed by atoms with Gasteiger partial charge in [-0.15, -0.1) is 0 Å². The van der Waals surface area contributed by atoms with E-state index in [0.717, 1.165) is 55.2 Å². The van der Waals surface area contributed by atoms with Gasteiger partial charge in [-0.05, 0) is 31.0 Å². The number of benzene rings is 1. The van der Waals surface area contributed by atoms with Crippen LogP contribution in [-0.4, -0.2) is 67.2 Å². The number of ether oxygens (including phenoxy) is 2. The number of pyridine rings is 1. The third-order valence-corrected chi connectivity index (χ3v) is 5.77. The number of hydrogen-bond acceptors (Lipinski definition) is 5. The van der Waals surface area contributed by atoms with Crippen LogP contribution in [0, 0.1) is 0 Å². The van der Waals surface area contributed by atoms with Crippen LogP contribution in [0.15, 0.2) is 42.5 Å². The highest BCUT2D eigenvalue weighted by atomic mass is 16.5. The summed E-state index contributed by atoms with van der Waals surface area (Å²) in [6.45, 7) is 4.37. The van der Waals surface area contributed by atoms with E-state index in [1.54, 1.807) is 7.11 Å². The fraction of sp³-hybridized carbons (Fsp3) is 0.478. The van der Waals surface area contributed by atoms with E-state index in [1.165, 1.54) is 0 Å². The Morgan fingerprint density at radius 3 is 2.79 bits per heavy atom. The highest BCUT2D eigenvalue weighted by Crippen LogP contribution is 2.31. The van der Waals surface area contributed by atoms with E-state index in [0.29, 0.717) is 26.2 Å². The van der Waals surface area contributed by atoms with Crippen LogP contribution in [0.5, 0.6) is 5.75 Å². The number of nitrogens with zero attached hydrogens (tertiary/aromatic N) is 3. The highest BCUT2D eigenvalue weighted by Gasteiger charge is 2.32. The molecule has 1 amide bonds. The average Bonchev–Trinajstić information content (AvgIpc) is 3.25. The number of methoxy groups -OCH3 is 1. The number of likely N-dealkylation sites (tertiary alicyclic amines) is 1. The Hall–Kier alpha value is -2.44. The minimum absolute atomic E-state index is 0.0705. The van der Waals surface area contributed by atoms with Crippen molar-refractivity contribution in [3.05, 3.63) is 59.4 Å². The standard InChI is InChI=1S/C23H29N3O3/c1-28-22-10-3-2-6-18(22)16-19-7-4-8-20(24-19)21-9-5-11-26(21)23(27)17-25-12-14-29-15-13-25/h2-4,6-8,10,21H,5,9,11-17H2,1H3/t21-/m0/s1. The van der Waals surface area contributed by atoms with Gasteiger partial charge in [-0.1, -0.05) is 24.3 Å². The largest absolute Gasteiger partial charge is 0.496 e. The van der Waals surface area contributed by atoms with E-state index >= 15 is 0 Å². The molecule has 0 unspecified atom stereocenters. The van der Waals surface area contributed by atoms with Gasteiger partial charge in [0.2, 0.25) is 5.91 Å². The minimum atomic E-state index is 0.0705.